The highest BCUT2D eigenvalue weighted by molar-refractivity contribution is 6.04. The third-order valence-electron chi connectivity index (χ3n) is 4.24. The Balaban J connectivity index is 1.65. The number of anilines is 1. The summed E-state index contributed by atoms with van der Waals surface area (Å²) >= 11 is 0. The van der Waals surface area contributed by atoms with E-state index in [-0.39, 0.29) is 17.7 Å². The first kappa shape index (κ1) is 17.9. The summed E-state index contributed by atoms with van der Waals surface area (Å²) in [6.45, 7) is 1.30. The van der Waals surface area contributed by atoms with E-state index >= 15 is 0 Å². The van der Waals surface area contributed by atoms with Crippen molar-refractivity contribution in [2.24, 2.45) is 5.92 Å². The molecule has 2 amide bonds. The number of rotatable bonds is 6. The van der Waals surface area contributed by atoms with E-state index in [1.165, 1.54) is 0 Å². The number of nitrogens with one attached hydrogen (secondary N) is 2. The number of hydrogen-bond acceptors (Lipinski definition) is 4. The van der Waals surface area contributed by atoms with E-state index in [0.717, 1.165) is 11.3 Å². The minimum Gasteiger partial charge on any atom is -0.492 e. The van der Waals surface area contributed by atoms with Gasteiger partial charge in [0.1, 0.15) is 12.4 Å². The van der Waals surface area contributed by atoms with Crippen LogP contribution in [-0.2, 0) is 16.0 Å². The van der Waals surface area contributed by atoms with Crippen LogP contribution >= 0.6 is 0 Å². The van der Waals surface area contributed by atoms with Crippen molar-refractivity contribution in [2.75, 3.05) is 32.2 Å². The van der Waals surface area contributed by atoms with E-state index < -0.39 is 0 Å². The van der Waals surface area contributed by atoms with Gasteiger partial charge in [0, 0.05) is 24.9 Å². The highest BCUT2D eigenvalue weighted by atomic mass is 16.5. The van der Waals surface area contributed by atoms with Gasteiger partial charge < -0.3 is 20.1 Å². The van der Waals surface area contributed by atoms with E-state index in [2.05, 4.69) is 10.6 Å². The standard InChI is InChI=1S/C20H22N2O4/c1-25-10-9-21-19(23)16-11-15-12-17(7-8-18(15)26-13-16)22-20(24)14-5-3-2-4-6-14/h2-8,12,16H,9-11,13H2,1H3,(H,21,23)(H,22,24)/t16-/m1/s1. The number of carbonyl (C=O) groups is 2. The molecule has 6 nitrogen and oxygen atoms in total. The van der Waals surface area contributed by atoms with E-state index in [4.69, 9.17) is 9.47 Å². The van der Waals surface area contributed by atoms with Gasteiger partial charge in [0.25, 0.3) is 5.91 Å². The molecule has 3 rings (SSSR count). The Morgan fingerprint density at radius 3 is 2.77 bits per heavy atom. The smallest absolute Gasteiger partial charge is 0.255 e. The number of fused-ring (bicyclic) bond motifs is 1. The van der Waals surface area contributed by atoms with Crippen LogP contribution in [0.4, 0.5) is 5.69 Å². The summed E-state index contributed by atoms with van der Waals surface area (Å²) in [5.41, 5.74) is 2.19. The molecule has 0 radical (unpaired) electrons. The van der Waals surface area contributed by atoms with Gasteiger partial charge in [0.2, 0.25) is 5.91 Å². The van der Waals surface area contributed by atoms with Crippen LogP contribution in [0, 0.1) is 5.92 Å². The van der Waals surface area contributed by atoms with Crippen molar-refractivity contribution in [1.82, 2.24) is 5.32 Å². The van der Waals surface area contributed by atoms with Gasteiger partial charge in [-0.05, 0) is 42.3 Å². The average Bonchev–Trinajstić information content (AvgIpc) is 2.68. The van der Waals surface area contributed by atoms with Crippen molar-refractivity contribution in [3.05, 3.63) is 59.7 Å². The number of methoxy groups -OCH3 is 1. The highest BCUT2D eigenvalue weighted by Crippen LogP contribution is 2.30. The predicted molar refractivity (Wildman–Crippen MR) is 98.4 cm³/mol. The lowest BCUT2D eigenvalue weighted by molar-refractivity contribution is -0.126. The van der Waals surface area contributed by atoms with Gasteiger partial charge in [-0.25, -0.2) is 0 Å². The van der Waals surface area contributed by atoms with Crippen molar-refractivity contribution < 1.29 is 19.1 Å². The third kappa shape index (κ3) is 4.40. The molecule has 0 fully saturated rings. The zero-order chi connectivity index (χ0) is 18.4. The maximum atomic E-state index is 12.3. The summed E-state index contributed by atoms with van der Waals surface area (Å²) in [7, 11) is 1.59. The van der Waals surface area contributed by atoms with Crippen molar-refractivity contribution in [1.29, 1.82) is 0 Å². The lowest BCUT2D eigenvalue weighted by Gasteiger charge is -2.25. The molecule has 0 aromatic heterocycles. The Morgan fingerprint density at radius 2 is 2.00 bits per heavy atom. The second kappa shape index (κ2) is 8.49. The van der Waals surface area contributed by atoms with Crippen LogP contribution in [0.2, 0.25) is 0 Å². The molecule has 2 aromatic rings. The molecule has 1 aliphatic heterocycles. The topological polar surface area (TPSA) is 76.7 Å². The third-order valence-corrected chi connectivity index (χ3v) is 4.24. The first-order valence-corrected chi connectivity index (χ1v) is 8.56. The quantitative estimate of drug-likeness (QED) is 0.780. The van der Waals surface area contributed by atoms with Crippen LogP contribution < -0.4 is 15.4 Å². The Bertz CT molecular complexity index is 777. The fraction of sp³-hybridized carbons (Fsp3) is 0.300. The lowest BCUT2D eigenvalue weighted by atomic mass is 9.95. The van der Waals surface area contributed by atoms with Crippen molar-refractivity contribution in [3.63, 3.8) is 0 Å². The first-order valence-electron chi connectivity index (χ1n) is 8.56. The Morgan fingerprint density at radius 1 is 1.19 bits per heavy atom. The van der Waals surface area contributed by atoms with Gasteiger partial charge in [-0.3, -0.25) is 9.59 Å². The molecule has 1 aliphatic rings. The first-order chi connectivity index (χ1) is 12.7. The summed E-state index contributed by atoms with van der Waals surface area (Å²) in [6, 6.07) is 14.5. The highest BCUT2D eigenvalue weighted by Gasteiger charge is 2.26. The second-order valence-electron chi connectivity index (χ2n) is 6.14. The van der Waals surface area contributed by atoms with E-state index in [0.29, 0.717) is 37.4 Å². The predicted octanol–water partition coefficient (Wildman–Crippen LogP) is 2.25. The van der Waals surface area contributed by atoms with Crippen LogP contribution in [0.25, 0.3) is 0 Å². The monoisotopic (exact) mass is 354 g/mol. The fourth-order valence-corrected chi connectivity index (χ4v) is 2.85. The second-order valence-corrected chi connectivity index (χ2v) is 6.14. The summed E-state index contributed by atoms with van der Waals surface area (Å²) in [6.07, 6.45) is 0.573. The van der Waals surface area contributed by atoms with E-state index in [9.17, 15) is 9.59 Å². The normalized spacial score (nSPS) is 15.5. The van der Waals surface area contributed by atoms with Gasteiger partial charge in [0.05, 0.1) is 12.5 Å². The van der Waals surface area contributed by atoms with Gasteiger partial charge >= 0.3 is 0 Å². The molecule has 26 heavy (non-hydrogen) atoms. The van der Waals surface area contributed by atoms with Gasteiger partial charge in [0.15, 0.2) is 0 Å². The summed E-state index contributed by atoms with van der Waals surface area (Å²) in [5.74, 6) is 0.283. The minimum absolute atomic E-state index is 0.0496. The maximum absolute atomic E-state index is 12.3. The molecule has 0 aliphatic carbocycles. The van der Waals surface area contributed by atoms with Crippen molar-refractivity contribution in [2.45, 2.75) is 6.42 Å². The van der Waals surface area contributed by atoms with Crippen LogP contribution in [0.15, 0.2) is 48.5 Å². The SMILES string of the molecule is COCCNC(=O)[C@H]1COc2ccc(NC(=O)c3ccccc3)cc2C1. The Kier molecular flexibility index (Phi) is 5.86. The van der Waals surface area contributed by atoms with Crippen molar-refractivity contribution >= 4 is 17.5 Å². The number of carbonyl (C=O) groups excluding carboxylic acids is 2. The molecule has 1 atom stereocenters. The summed E-state index contributed by atoms with van der Waals surface area (Å²) in [5, 5.41) is 5.72. The molecule has 0 saturated carbocycles. The Labute approximate surface area is 152 Å². The van der Waals surface area contributed by atoms with Crippen molar-refractivity contribution in [3.8, 4) is 5.75 Å². The van der Waals surface area contributed by atoms with Crippen LogP contribution in [-0.4, -0.2) is 38.7 Å². The molecule has 136 valence electrons. The molecule has 2 aromatic carbocycles. The maximum Gasteiger partial charge on any atom is 0.255 e. The zero-order valence-corrected chi connectivity index (χ0v) is 14.7. The summed E-state index contributed by atoms with van der Waals surface area (Å²) < 4.78 is 10.6. The number of ether oxygens (including phenoxy) is 2. The molecular formula is C20H22N2O4. The van der Waals surface area contributed by atoms with Crippen LogP contribution in [0.1, 0.15) is 15.9 Å². The number of hydrogen-bond donors (Lipinski definition) is 2. The number of benzene rings is 2. The fourth-order valence-electron chi connectivity index (χ4n) is 2.85. The molecule has 0 saturated heterocycles. The van der Waals surface area contributed by atoms with E-state index in [1.807, 2.05) is 30.3 Å². The average molecular weight is 354 g/mol. The minimum atomic E-state index is -0.251. The molecule has 6 heteroatoms. The number of amides is 2. The zero-order valence-electron chi connectivity index (χ0n) is 14.7. The summed E-state index contributed by atoms with van der Waals surface area (Å²) in [4.78, 5) is 24.5. The lowest BCUT2D eigenvalue weighted by Crippen LogP contribution is -2.38. The molecule has 0 unspecified atom stereocenters. The molecule has 0 bridgehead atoms. The van der Waals surface area contributed by atoms with Gasteiger partial charge in [-0.1, -0.05) is 18.2 Å². The molecule has 2 N–H and O–H groups in total. The van der Waals surface area contributed by atoms with Crippen LogP contribution in [0.5, 0.6) is 5.75 Å². The van der Waals surface area contributed by atoms with Crippen LogP contribution in [0.3, 0.4) is 0 Å². The van der Waals surface area contributed by atoms with E-state index in [1.54, 1.807) is 25.3 Å². The largest absolute Gasteiger partial charge is 0.492 e. The molecular weight excluding hydrogens is 332 g/mol. The van der Waals surface area contributed by atoms with Gasteiger partial charge in [-0.2, -0.15) is 0 Å². The van der Waals surface area contributed by atoms with Gasteiger partial charge in [-0.15, -0.1) is 0 Å². The molecule has 0 spiro atoms. The molecule has 1 heterocycles. The Hall–Kier alpha value is -2.86.